The van der Waals surface area contributed by atoms with Crippen LogP contribution < -0.4 is 10.9 Å². The number of aryl methyl sites for hydroxylation is 1. The van der Waals surface area contributed by atoms with Gasteiger partial charge in [0.05, 0.1) is 17.3 Å². The number of thiophene rings is 1. The van der Waals surface area contributed by atoms with E-state index in [-0.39, 0.29) is 35.9 Å². The monoisotopic (exact) mass is 385 g/mol. The molecular weight excluding hydrogens is 369 g/mol. The molecule has 0 amide bonds. The van der Waals surface area contributed by atoms with Gasteiger partial charge in [-0.3, -0.25) is 9.89 Å². The van der Waals surface area contributed by atoms with Crippen LogP contribution in [0.15, 0.2) is 17.1 Å². The number of fused-ring (bicyclic) bond motifs is 2. The van der Waals surface area contributed by atoms with Gasteiger partial charge in [0.1, 0.15) is 10.5 Å². The third kappa shape index (κ3) is 2.30. The van der Waals surface area contributed by atoms with Gasteiger partial charge in [0, 0.05) is 16.1 Å². The second-order valence-corrected chi connectivity index (χ2v) is 7.44. The molecule has 128 valence electrons. The minimum atomic E-state index is -0.0916. The van der Waals surface area contributed by atoms with Gasteiger partial charge in [0.15, 0.2) is 0 Å². The van der Waals surface area contributed by atoms with Gasteiger partial charge in [0.25, 0.3) is 5.56 Å². The molecule has 0 atom stereocenters. The van der Waals surface area contributed by atoms with E-state index in [1.54, 1.807) is 6.20 Å². The Kier molecular flexibility index (Phi) is 4.24. The normalized spacial score (nSPS) is 24.3. The lowest BCUT2D eigenvalue weighted by Gasteiger charge is -2.36. The molecule has 3 aliphatic rings. The lowest BCUT2D eigenvalue weighted by Crippen LogP contribution is -2.42. The van der Waals surface area contributed by atoms with Crippen molar-refractivity contribution in [3.05, 3.63) is 34.1 Å². The molecule has 0 radical (unpaired) electrons. The van der Waals surface area contributed by atoms with E-state index in [1.165, 1.54) is 11.3 Å². The first-order chi connectivity index (χ1) is 10.6. The molecule has 5 heterocycles. The molecule has 0 aromatic carbocycles. The molecule has 3 aromatic rings. The van der Waals surface area contributed by atoms with E-state index >= 15 is 0 Å². The van der Waals surface area contributed by atoms with Crippen LogP contribution in [0.4, 0.5) is 0 Å². The molecule has 2 saturated heterocycles. The van der Waals surface area contributed by atoms with E-state index in [0.717, 1.165) is 52.8 Å². The second-order valence-electron chi connectivity index (χ2n) is 6.39. The number of aromatic nitrogens is 4. The molecule has 0 spiro atoms. The van der Waals surface area contributed by atoms with E-state index < -0.39 is 0 Å². The number of hydrogen-bond donors (Lipinski definition) is 3. The molecule has 1 saturated carbocycles. The van der Waals surface area contributed by atoms with Crippen molar-refractivity contribution < 1.29 is 0 Å². The van der Waals surface area contributed by atoms with Gasteiger partial charge in [0.2, 0.25) is 0 Å². The van der Waals surface area contributed by atoms with E-state index in [1.807, 2.05) is 13.0 Å². The molecule has 3 fully saturated rings. The number of halogens is 2. The smallest absolute Gasteiger partial charge is 0.268 e. The van der Waals surface area contributed by atoms with Gasteiger partial charge >= 0.3 is 0 Å². The molecule has 0 unspecified atom stereocenters. The van der Waals surface area contributed by atoms with Crippen molar-refractivity contribution in [3.8, 4) is 10.4 Å². The van der Waals surface area contributed by atoms with Crippen LogP contribution in [0.5, 0.6) is 0 Å². The summed E-state index contributed by atoms with van der Waals surface area (Å²) < 4.78 is 0.685. The summed E-state index contributed by atoms with van der Waals surface area (Å²) in [7, 11) is 0. The van der Waals surface area contributed by atoms with Gasteiger partial charge in [-0.1, -0.05) is 0 Å². The van der Waals surface area contributed by atoms with E-state index in [0.29, 0.717) is 4.70 Å². The fraction of sp³-hybridized carbons (Fsp3) is 0.400. The van der Waals surface area contributed by atoms with Crippen LogP contribution in [-0.2, 0) is 5.54 Å². The summed E-state index contributed by atoms with van der Waals surface area (Å²) in [5.41, 5.74) is 2.69. The highest BCUT2D eigenvalue weighted by Crippen LogP contribution is 2.49. The number of aromatic amines is 2. The maximum atomic E-state index is 12.4. The summed E-state index contributed by atoms with van der Waals surface area (Å²) in [6.45, 7) is 3.01. The van der Waals surface area contributed by atoms with E-state index in [2.05, 4.69) is 20.5 Å². The van der Waals surface area contributed by atoms with Gasteiger partial charge in [-0.15, -0.1) is 36.2 Å². The Hall–Kier alpha value is -1.41. The first-order valence-corrected chi connectivity index (χ1v) is 8.26. The molecule has 3 aromatic heterocycles. The second kappa shape index (κ2) is 5.84. The van der Waals surface area contributed by atoms with Crippen molar-refractivity contribution in [2.24, 2.45) is 5.92 Å². The number of nitrogens with zero attached hydrogens (tertiary/aromatic N) is 2. The zero-order valence-corrected chi connectivity index (χ0v) is 15.3. The van der Waals surface area contributed by atoms with Crippen LogP contribution in [0.3, 0.4) is 0 Å². The average Bonchev–Trinajstić information content (AvgIpc) is 3.18. The van der Waals surface area contributed by atoms with Gasteiger partial charge in [-0.05, 0) is 38.3 Å². The molecule has 24 heavy (non-hydrogen) atoms. The first-order valence-electron chi connectivity index (χ1n) is 7.44. The van der Waals surface area contributed by atoms with Crippen molar-refractivity contribution >= 4 is 46.4 Å². The SMILES string of the molecule is Cc1[nH]ncc1-c1cc2nc(C34CC(CN3)C4)[nH]c(=O)c2s1.Cl.Cl. The highest BCUT2D eigenvalue weighted by molar-refractivity contribution is 7.22. The Morgan fingerprint density at radius 2 is 2.12 bits per heavy atom. The van der Waals surface area contributed by atoms with Crippen molar-refractivity contribution in [1.82, 2.24) is 25.5 Å². The third-order valence-electron chi connectivity index (χ3n) is 4.93. The highest BCUT2D eigenvalue weighted by atomic mass is 35.5. The summed E-state index contributed by atoms with van der Waals surface area (Å²) >= 11 is 1.47. The number of H-pyrrole nitrogens is 2. The summed E-state index contributed by atoms with van der Waals surface area (Å²) in [5, 5.41) is 10.5. The Morgan fingerprint density at radius 1 is 1.33 bits per heavy atom. The van der Waals surface area contributed by atoms with Crippen molar-refractivity contribution in [3.63, 3.8) is 0 Å². The third-order valence-corrected chi connectivity index (χ3v) is 6.09. The predicted octanol–water partition coefficient (Wildman–Crippen LogP) is 2.74. The lowest BCUT2D eigenvalue weighted by molar-refractivity contribution is 0.216. The largest absolute Gasteiger partial charge is 0.308 e. The molecule has 9 heteroatoms. The Labute approximate surface area is 154 Å². The molecular formula is C15H17Cl2N5OS. The van der Waals surface area contributed by atoms with Crippen molar-refractivity contribution in [2.45, 2.75) is 25.3 Å². The minimum absolute atomic E-state index is 0. The van der Waals surface area contributed by atoms with Crippen LogP contribution in [-0.4, -0.2) is 26.7 Å². The summed E-state index contributed by atoms with van der Waals surface area (Å²) in [4.78, 5) is 21.2. The van der Waals surface area contributed by atoms with Gasteiger partial charge < -0.3 is 10.3 Å². The van der Waals surface area contributed by atoms with Crippen LogP contribution in [0.1, 0.15) is 24.4 Å². The number of hydrogen-bond acceptors (Lipinski definition) is 5. The number of rotatable bonds is 2. The Balaban J connectivity index is 0.000000845. The Morgan fingerprint density at radius 3 is 2.75 bits per heavy atom. The predicted molar refractivity (Wildman–Crippen MR) is 99.5 cm³/mol. The fourth-order valence-electron chi connectivity index (χ4n) is 3.73. The van der Waals surface area contributed by atoms with Gasteiger partial charge in [-0.2, -0.15) is 5.10 Å². The van der Waals surface area contributed by atoms with Crippen LogP contribution in [0.25, 0.3) is 20.7 Å². The maximum Gasteiger partial charge on any atom is 0.268 e. The van der Waals surface area contributed by atoms with Crippen LogP contribution in [0, 0.1) is 12.8 Å². The zero-order valence-electron chi connectivity index (χ0n) is 12.9. The standard InChI is InChI=1S/C15H15N5OS.2ClH/c1-7-9(6-17-20-7)11-2-10-12(22-11)13(21)19-14(18-10)15-3-8(4-15)5-16-15;;/h2,6,8,16H,3-5H2,1H3,(H,17,20)(H,18,19,21);2*1H. The Bertz CT molecular complexity index is 951. The first kappa shape index (κ1) is 17.4. The summed E-state index contributed by atoms with van der Waals surface area (Å²) in [6, 6.07) is 2.00. The quantitative estimate of drug-likeness (QED) is 0.632. The van der Waals surface area contributed by atoms with Crippen molar-refractivity contribution in [1.29, 1.82) is 0 Å². The fourth-order valence-corrected chi connectivity index (χ4v) is 4.79. The number of nitrogens with one attached hydrogen (secondary N) is 3. The topological polar surface area (TPSA) is 86.5 Å². The van der Waals surface area contributed by atoms with Crippen LogP contribution in [0.2, 0.25) is 0 Å². The van der Waals surface area contributed by atoms with E-state index in [4.69, 9.17) is 4.98 Å². The molecule has 3 N–H and O–H groups in total. The summed E-state index contributed by atoms with van der Waals surface area (Å²) in [5.74, 6) is 1.54. The molecule has 6 nitrogen and oxygen atoms in total. The highest BCUT2D eigenvalue weighted by Gasteiger charge is 2.53. The van der Waals surface area contributed by atoms with Gasteiger partial charge in [-0.25, -0.2) is 4.98 Å². The summed E-state index contributed by atoms with van der Waals surface area (Å²) in [6.07, 6.45) is 3.96. The average molecular weight is 386 g/mol. The molecule has 2 aliphatic heterocycles. The van der Waals surface area contributed by atoms with Crippen molar-refractivity contribution in [2.75, 3.05) is 6.54 Å². The maximum absolute atomic E-state index is 12.4. The van der Waals surface area contributed by atoms with E-state index in [9.17, 15) is 4.79 Å². The minimum Gasteiger partial charge on any atom is -0.308 e. The lowest BCUT2D eigenvalue weighted by atomic mass is 9.73. The molecule has 1 aliphatic carbocycles. The molecule has 2 bridgehead atoms. The molecule has 6 rings (SSSR count). The zero-order chi connectivity index (χ0) is 14.9. The van der Waals surface area contributed by atoms with Crippen LogP contribution >= 0.6 is 36.2 Å².